The third kappa shape index (κ3) is 4.31. The number of carbonyl (C=O) groups excluding carboxylic acids is 2. The number of benzene rings is 1. The lowest BCUT2D eigenvalue weighted by Crippen LogP contribution is -2.28. The summed E-state index contributed by atoms with van der Waals surface area (Å²) in [5.41, 5.74) is 7.40. The van der Waals surface area contributed by atoms with Crippen LogP contribution >= 0.6 is 0 Å². The second kappa shape index (κ2) is 6.51. The lowest BCUT2D eigenvalue weighted by molar-refractivity contribution is 0.102. The SMILES string of the molecule is Cc1ccc(NC(=O)c2ccc(CNC(N)=O)cc2)nc1. The number of primary amides is 1. The van der Waals surface area contributed by atoms with E-state index in [9.17, 15) is 9.59 Å². The Morgan fingerprint density at radius 3 is 2.43 bits per heavy atom. The van der Waals surface area contributed by atoms with Gasteiger partial charge in [-0.2, -0.15) is 0 Å². The van der Waals surface area contributed by atoms with Crippen molar-refractivity contribution in [1.29, 1.82) is 0 Å². The molecule has 0 unspecified atom stereocenters. The number of rotatable bonds is 4. The van der Waals surface area contributed by atoms with Crippen LogP contribution in [-0.4, -0.2) is 16.9 Å². The van der Waals surface area contributed by atoms with Gasteiger partial charge in [0.15, 0.2) is 0 Å². The molecule has 1 heterocycles. The first-order valence-corrected chi connectivity index (χ1v) is 6.41. The van der Waals surface area contributed by atoms with E-state index in [4.69, 9.17) is 5.73 Å². The normalized spacial score (nSPS) is 9.95. The fraction of sp³-hybridized carbons (Fsp3) is 0.133. The minimum atomic E-state index is -0.581. The van der Waals surface area contributed by atoms with E-state index >= 15 is 0 Å². The number of nitrogens with zero attached hydrogens (tertiary/aromatic N) is 1. The van der Waals surface area contributed by atoms with Crippen LogP contribution in [0.25, 0.3) is 0 Å². The second-order valence-electron chi connectivity index (χ2n) is 4.59. The van der Waals surface area contributed by atoms with Gasteiger partial charge in [0.25, 0.3) is 5.91 Å². The monoisotopic (exact) mass is 284 g/mol. The highest BCUT2D eigenvalue weighted by molar-refractivity contribution is 6.03. The van der Waals surface area contributed by atoms with E-state index in [0.29, 0.717) is 17.9 Å². The summed E-state index contributed by atoms with van der Waals surface area (Å²) in [6.45, 7) is 2.26. The molecule has 21 heavy (non-hydrogen) atoms. The molecule has 0 spiro atoms. The molecule has 1 aromatic carbocycles. The first kappa shape index (κ1) is 14.5. The van der Waals surface area contributed by atoms with Crippen molar-refractivity contribution in [3.05, 3.63) is 59.3 Å². The van der Waals surface area contributed by atoms with Crippen molar-refractivity contribution in [3.8, 4) is 0 Å². The topological polar surface area (TPSA) is 97.1 Å². The third-order valence-electron chi connectivity index (χ3n) is 2.84. The van der Waals surface area contributed by atoms with Gasteiger partial charge in [-0.05, 0) is 36.2 Å². The summed E-state index contributed by atoms with van der Waals surface area (Å²) in [6.07, 6.45) is 1.69. The van der Waals surface area contributed by atoms with Crippen molar-refractivity contribution in [2.75, 3.05) is 5.32 Å². The molecular formula is C15H16N4O2. The summed E-state index contributed by atoms with van der Waals surface area (Å²) < 4.78 is 0. The van der Waals surface area contributed by atoms with E-state index < -0.39 is 6.03 Å². The number of hydrogen-bond donors (Lipinski definition) is 3. The third-order valence-corrected chi connectivity index (χ3v) is 2.84. The van der Waals surface area contributed by atoms with Crippen molar-refractivity contribution in [3.63, 3.8) is 0 Å². The average Bonchev–Trinajstić information content (AvgIpc) is 2.48. The molecule has 0 aliphatic heterocycles. The maximum absolute atomic E-state index is 12.0. The molecule has 0 saturated heterocycles. The molecule has 0 saturated carbocycles. The molecule has 0 aliphatic rings. The molecule has 0 radical (unpaired) electrons. The van der Waals surface area contributed by atoms with Crippen molar-refractivity contribution in [2.24, 2.45) is 5.73 Å². The van der Waals surface area contributed by atoms with Crippen LogP contribution in [0.1, 0.15) is 21.5 Å². The molecule has 4 N–H and O–H groups in total. The van der Waals surface area contributed by atoms with Crippen molar-refractivity contribution >= 4 is 17.8 Å². The predicted molar refractivity (Wildman–Crippen MR) is 79.8 cm³/mol. The lowest BCUT2D eigenvalue weighted by Gasteiger charge is -2.06. The number of urea groups is 1. The molecule has 2 rings (SSSR count). The van der Waals surface area contributed by atoms with Gasteiger partial charge in [0.1, 0.15) is 5.82 Å². The van der Waals surface area contributed by atoms with Crippen LogP contribution in [0.3, 0.4) is 0 Å². The number of aromatic nitrogens is 1. The van der Waals surface area contributed by atoms with Crippen molar-refractivity contribution in [1.82, 2.24) is 10.3 Å². The van der Waals surface area contributed by atoms with Crippen LogP contribution in [0.15, 0.2) is 42.6 Å². The minimum Gasteiger partial charge on any atom is -0.352 e. The van der Waals surface area contributed by atoms with E-state index in [1.807, 2.05) is 13.0 Å². The zero-order valence-corrected chi connectivity index (χ0v) is 11.6. The van der Waals surface area contributed by atoms with Gasteiger partial charge < -0.3 is 16.4 Å². The van der Waals surface area contributed by atoms with Crippen LogP contribution in [0.2, 0.25) is 0 Å². The smallest absolute Gasteiger partial charge is 0.312 e. The maximum atomic E-state index is 12.0. The van der Waals surface area contributed by atoms with Gasteiger partial charge in [-0.1, -0.05) is 18.2 Å². The van der Waals surface area contributed by atoms with Gasteiger partial charge in [-0.15, -0.1) is 0 Å². The Balaban J connectivity index is 1.99. The maximum Gasteiger partial charge on any atom is 0.312 e. The quantitative estimate of drug-likeness (QED) is 0.798. The first-order valence-electron chi connectivity index (χ1n) is 6.41. The Hall–Kier alpha value is -2.89. The lowest BCUT2D eigenvalue weighted by atomic mass is 10.1. The number of amides is 3. The summed E-state index contributed by atoms with van der Waals surface area (Å²) in [5, 5.41) is 5.20. The molecular weight excluding hydrogens is 268 g/mol. The Kier molecular flexibility index (Phi) is 4.50. The summed E-state index contributed by atoms with van der Waals surface area (Å²) >= 11 is 0. The summed E-state index contributed by atoms with van der Waals surface area (Å²) in [6, 6.07) is 9.92. The molecule has 3 amide bonds. The molecule has 1 aromatic heterocycles. The Morgan fingerprint density at radius 1 is 1.14 bits per heavy atom. The molecule has 0 aliphatic carbocycles. The van der Waals surface area contributed by atoms with Gasteiger partial charge in [-0.25, -0.2) is 9.78 Å². The summed E-state index contributed by atoms with van der Waals surface area (Å²) in [4.78, 5) is 26.8. The van der Waals surface area contributed by atoms with E-state index in [1.165, 1.54) is 0 Å². The largest absolute Gasteiger partial charge is 0.352 e. The number of aryl methyl sites for hydroxylation is 1. The Labute approximate surface area is 122 Å². The molecule has 2 aromatic rings. The van der Waals surface area contributed by atoms with Crippen LogP contribution in [0.5, 0.6) is 0 Å². The first-order chi connectivity index (χ1) is 10.0. The van der Waals surface area contributed by atoms with Gasteiger partial charge in [0, 0.05) is 18.3 Å². The highest BCUT2D eigenvalue weighted by Gasteiger charge is 2.06. The van der Waals surface area contributed by atoms with E-state index in [2.05, 4.69) is 15.6 Å². The second-order valence-corrected chi connectivity index (χ2v) is 4.59. The van der Waals surface area contributed by atoms with Gasteiger partial charge in [-0.3, -0.25) is 4.79 Å². The van der Waals surface area contributed by atoms with Gasteiger partial charge in [0.2, 0.25) is 0 Å². The van der Waals surface area contributed by atoms with E-state index in [1.54, 1.807) is 36.5 Å². The fourth-order valence-corrected chi connectivity index (χ4v) is 1.69. The molecule has 6 heteroatoms. The Morgan fingerprint density at radius 2 is 1.86 bits per heavy atom. The average molecular weight is 284 g/mol. The standard InChI is InChI=1S/C15H16N4O2/c1-10-2-7-13(17-8-10)19-14(20)12-5-3-11(4-6-12)9-18-15(16)21/h2-8H,9H2,1H3,(H3,16,18,21)(H,17,19,20). The molecule has 108 valence electrons. The van der Waals surface area contributed by atoms with Crippen LogP contribution < -0.4 is 16.4 Å². The zero-order chi connectivity index (χ0) is 15.2. The van der Waals surface area contributed by atoms with Crippen LogP contribution in [-0.2, 0) is 6.54 Å². The van der Waals surface area contributed by atoms with Crippen LogP contribution in [0.4, 0.5) is 10.6 Å². The molecule has 6 nitrogen and oxygen atoms in total. The molecule has 0 bridgehead atoms. The number of pyridine rings is 1. The van der Waals surface area contributed by atoms with Crippen molar-refractivity contribution < 1.29 is 9.59 Å². The predicted octanol–water partition coefficient (Wildman–Crippen LogP) is 1.81. The molecule has 0 atom stereocenters. The number of nitrogens with two attached hydrogens (primary N) is 1. The van der Waals surface area contributed by atoms with Crippen molar-refractivity contribution in [2.45, 2.75) is 13.5 Å². The summed E-state index contributed by atoms with van der Waals surface area (Å²) in [7, 11) is 0. The number of nitrogens with one attached hydrogen (secondary N) is 2. The number of carbonyl (C=O) groups is 2. The van der Waals surface area contributed by atoms with Gasteiger partial charge in [0.05, 0.1) is 0 Å². The minimum absolute atomic E-state index is 0.235. The number of hydrogen-bond acceptors (Lipinski definition) is 3. The van der Waals surface area contributed by atoms with E-state index in [-0.39, 0.29) is 5.91 Å². The van der Waals surface area contributed by atoms with Crippen LogP contribution in [0, 0.1) is 6.92 Å². The fourth-order valence-electron chi connectivity index (χ4n) is 1.69. The van der Waals surface area contributed by atoms with Gasteiger partial charge >= 0.3 is 6.03 Å². The Bertz CT molecular complexity index is 636. The summed E-state index contributed by atoms with van der Waals surface area (Å²) in [5.74, 6) is 0.269. The van der Waals surface area contributed by atoms with E-state index in [0.717, 1.165) is 11.1 Å². The zero-order valence-electron chi connectivity index (χ0n) is 11.6. The highest BCUT2D eigenvalue weighted by atomic mass is 16.2. The highest BCUT2D eigenvalue weighted by Crippen LogP contribution is 2.09. The molecule has 0 fully saturated rings. The number of anilines is 1.